The zero-order valence-electron chi connectivity index (χ0n) is 17.7. The molecule has 0 fully saturated rings. The highest BCUT2D eigenvalue weighted by molar-refractivity contribution is 5.92. The number of amides is 1. The van der Waals surface area contributed by atoms with Gasteiger partial charge >= 0.3 is 0 Å². The van der Waals surface area contributed by atoms with Crippen LogP contribution in [0.3, 0.4) is 0 Å². The van der Waals surface area contributed by atoms with Crippen LogP contribution in [0.1, 0.15) is 17.0 Å². The van der Waals surface area contributed by atoms with E-state index in [1.54, 1.807) is 22.8 Å². The number of ether oxygens (including phenoxy) is 1. The van der Waals surface area contributed by atoms with E-state index in [1.165, 1.54) is 0 Å². The smallest absolute Gasteiger partial charge is 0.265 e. The molecule has 1 aromatic heterocycles. The van der Waals surface area contributed by atoms with E-state index in [2.05, 4.69) is 10.3 Å². The summed E-state index contributed by atoms with van der Waals surface area (Å²) in [6, 6.07) is 20.3. The van der Waals surface area contributed by atoms with Crippen LogP contribution in [0.2, 0.25) is 0 Å². The lowest BCUT2D eigenvalue weighted by Gasteiger charge is -2.14. The number of carbonyl (C=O) groups excluding carboxylic acids is 1. The van der Waals surface area contributed by atoms with Crippen LogP contribution in [0.5, 0.6) is 5.75 Å². The maximum Gasteiger partial charge on any atom is 0.265 e. The first-order valence-corrected chi connectivity index (χ1v) is 10.0. The number of carbonyl (C=O) groups is 1. The van der Waals surface area contributed by atoms with E-state index in [0.29, 0.717) is 33.9 Å². The minimum absolute atomic E-state index is 0.0841. The molecule has 31 heavy (non-hydrogen) atoms. The van der Waals surface area contributed by atoms with Crippen LogP contribution in [0.15, 0.2) is 71.5 Å². The zero-order valence-corrected chi connectivity index (χ0v) is 17.7. The Morgan fingerprint density at radius 1 is 0.968 bits per heavy atom. The topological polar surface area (TPSA) is 73.2 Å². The van der Waals surface area contributed by atoms with Gasteiger partial charge in [0.2, 0.25) is 0 Å². The average molecular weight is 413 g/mol. The lowest BCUT2D eigenvalue weighted by atomic mass is 10.1. The van der Waals surface area contributed by atoms with Gasteiger partial charge in [0.15, 0.2) is 6.61 Å². The molecule has 0 aliphatic rings. The number of anilines is 1. The number of hydrogen-bond acceptors (Lipinski definition) is 4. The average Bonchev–Trinajstić information content (AvgIpc) is 2.75. The summed E-state index contributed by atoms with van der Waals surface area (Å²) in [5.41, 5.74) is 3.73. The molecule has 0 spiro atoms. The summed E-state index contributed by atoms with van der Waals surface area (Å²) in [5, 5.41) is 3.44. The lowest BCUT2D eigenvalue weighted by molar-refractivity contribution is -0.118. The molecule has 6 heteroatoms. The van der Waals surface area contributed by atoms with Gasteiger partial charge in [0, 0.05) is 5.69 Å². The third-order valence-corrected chi connectivity index (χ3v) is 5.14. The third-order valence-electron chi connectivity index (χ3n) is 5.14. The number of hydrogen-bond donors (Lipinski definition) is 1. The molecule has 0 aliphatic heterocycles. The number of para-hydroxylation sites is 2. The number of rotatable bonds is 5. The molecule has 0 radical (unpaired) electrons. The number of aryl methyl sites for hydroxylation is 3. The van der Waals surface area contributed by atoms with Gasteiger partial charge in [-0.15, -0.1) is 0 Å². The first-order valence-electron chi connectivity index (χ1n) is 10.0. The second kappa shape index (κ2) is 8.44. The fourth-order valence-electron chi connectivity index (χ4n) is 3.52. The maximum absolute atomic E-state index is 13.0. The molecule has 0 atom stereocenters. The molecule has 0 unspecified atom stereocenters. The molecule has 0 bridgehead atoms. The highest BCUT2D eigenvalue weighted by Crippen LogP contribution is 2.21. The van der Waals surface area contributed by atoms with Crippen molar-refractivity contribution in [2.45, 2.75) is 20.8 Å². The van der Waals surface area contributed by atoms with Gasteiger partial charge in [0.25, 0.3) is 11.5 Å². The Morgan fingerprint density at radius 3 is 2.48 bits per heavy atom. The molecule has 6 nitrogen and oxygen atoms in total. The number of nitrogens with zero attached hydrogens (tertiary/aromatic N) is 2. The maximum atomic E-state index is 13.0. The van der Waals surface area contributed by atoms with E-state index in [1.807, 2.05) is 69.3 Å². The van der Waals surface area contributed by atoms with E-state index in [-0.39, 0.29) is 18.1 Å². The van der Waals surface area contributed by atoms with Crippen LogP contribution >= 0.6 is 0 Å². The minimum atomic E-state index is -0.250. The van der Waals surface area contributed by atoms with Crippen LogP contribution < -0.4 is 15.6 Å². The Balaban J connectivity index is 1.55. The predicted molar refractivity (Wildman–Crippen MR) is 122 cm³/mol. The summed E-state index contributed by atoms with van der Waals surface area (Å²) in [5.74, 6) is 1.04. The van der Waals surface area contributed by atoms with Crippen molar-refractivity contribution in [2.75, 3.05) is 11.9 Å². The summed E-state index contributed by atoms with van der Waals surface area (Å²) >= 11 is 0. The predicted octanol–water partition coefficient (Wildman–Crippen LogP) is 4.33. The van der Waals surface area contributed by atoms with Gasteiger partial charge in [-0.3, -0.25) is 14.2 Å². The fourth-order valence-corrected chi connectivity index (χ4v) is 3.52. The Bertz CT molecular complexity index is 1340. The Morgan fingerprint density at radius 2 is 1.71 bits per heavy atom. The summed E-state index contributed by atoms with van der Waals surface area (Å²) < 4.78 is 7.20. The van der Waals surface area contributed by atoms with E-state index in [9.17, 15) is 9.59 Å². The molecule has 4 aromatic rings. The molecule has 156 valence electrons. The largest absolute Gasteiger partial charge is 0.483 e. The summed E-state index contributed by atoms with van der Waals surface area (Å²) in [6.07, 6.45) is 0. The van der Waals surface area contributed by atoms with Gasteiger partial charge in [-0.25, -0.2) is 4.98 Å². The summed E-state index contributed by atoms with van der Waals surface area (Å²) in [7, 11) is 0. The highest BCUT2D eigenvalue weighted by Gasteiger charge is 2.12. The Labute approximate surface area is 180 Å². The molecule has 1 amide bonds. The van der Waals surface area contributed by atoms with Crippen molar-refractivity contribution in [3.05, 3.63) is 94.0 Å². The van der Waals surface area contributed by atoms with Crippen molar-refractivity contribution in [1.82, 2.24) is 9.55 Å². The summed E-state index contributed by atoms with van der Waals surface area (Å²) in [4.78, 5) is 29.9. The first-order chi connectivity index (χ1) is 14.9. The normalized spacial score (nSPS) is 10.8. The molecular weight excluding hydrogens is 390 g/mol. The minimum Gasteiger partial charge on any atom is -0.483 e. The molecule has 1 N–H and O–H groups in total. The van der Waals surface area contributed by atoms with Crippen LogP contribution in [0, 0.1) is 20.8 Å². The molecule has 0 saturated heterocycles. The standard InChI is InChI=1S/C25H23N3O3/c1-16-8-4-7-11-23(16)31-15-24(29)27-21-13-12-19(14-17(21)2)28-18(3)26-22-10-6-5-9-20(22)25(28)30/h4-14H,15H2,1-3H3,(H,27,29). The second-order valence-corrected chi connectivity index (χ2v) is 7.42. The molecular formula is C25H23N3O3. The van der Waals surface area contributed by atoms with Crippen molar-refractivity contribution < 1.29 is 9.53 Å². The third kappa shape index (κ3) is 4.19. The Kier molecular flexibility index (Phi) is 5.54. The molecule has 1 heterocycles. The van der Waals surface area contributed by atoms with Crippen molar-refractivity contribution in [3.8, 4) is 11.4 Å². The van der Waals surface area contributed by atoms with Crippen molar-refractivity contribution in [2.24, 2.45) is 0 Å². The Hall–Kier alpha value is -3.93. The molecule has 0 saturated carbocycles. The van der Waals surface area contributed by atoms with E-state index >= 15 is 0 Å². The van der Waals surface area contributed by atoms with Crippen molar-refractivity contribution in [1.29, 1.82) is 0 Å². The van der Waals surface area contributed by atoms with Crippen molar-refractivity contribution >= 4 is 22.5 Å². The van der Waals surface area contributed by atoms with Crippen molar-refractivity contribution in [3.63, 3.8) is 0 Å². The monoisotopic (exact) mass is 413 g/mol. The summed E-state index contributed by atoms with van der Waals surface area (Å²) in [6.45, 7) is 5.54. The highest BCUT2D eigenvalue weighted by atomic mass is 16.5. The van der Waals surface area contributed by atoms with Gasteiger partial charge in [-0.05, 0) is 68.3 Å². The van der Waals surface area contributed by atoms with Gasteiger partial charge in [-0.1, -0.05) is 30.3 Å². The zero-order chi connectivity index (χ0) is 22.0. The van der Waals surface area contributed by atoms with E-state index in [0.717, 1.165) is 11.1 Å². The van der Waals surface area contributed by atoms with Gasteiger partial charge in [0.05, 0.1) is 16.6 Å². The number of fused-ring (bicyclic) bond motifs is 1. The fraction of sp³-hybridized carbons (Fsp3) is 0.160. The molecule has 4 rings (SSSR count). The van der Waals surface area contributed by atoms with E-state index < -0.39 is 0 Å². The lowest BCUT2D eigenvalue weighted by Crippen LogP contribution is -2.23. The van der Waals surface area contributed by atoms with Gasteiger partial charge in [0.1, 0.15) is 11.6 Å². The van der Waals surface area contributed by atoms with Crippen LogP contribution in [-0.2, 0) is 4.79 Å². The number of benzene rings is 3. The van der Waals surface area contributed by atoms with E-state index in [4.69, 9.17) is 4.74 Å². The quantitative estimate of drug-likeness (QED) is 0.529. The van der Waals surface area contributed by atoms with Gasteiger partial charge in [-0.2, -0.15) is 0 Å². The number of aromatic nitrogens is 2. The molecule has 0 aliphatic carbocycles. The van der Waals surface area contributed by atoms with Gasteiger partial charge < -0.3 is 10.1 Å². The SMILES string of the molecule is Cc1cc(-n2c(C)nc3ccccc3c2=O)ccc1NC(=O)COc1ccccc1C. The van der Waals surface area contributed by atoms with Crippen LogP contribution in [0.4, 0.5) is 5.69 Å². The molecule has 3 aromatic carbocycles. The second-order valence-electron chi connectivity index (χ2n) is 7.42. The van der Waals surface area contributed by atoms with Crippen LogP contribution in [-0.4, -0.2) is 22.1 Å². The first kappa shape index (κ1) is 20.3. The number of nitrogens with one attached hydrogen (secondary N) is 1. The van der Waals surface area contributed by atoms with Crippen LogP contribution in [0.25, 0.3) is 16.6 Å².